The van der Waals surface area contributed by atoms with Gasteiger partial charge in [-0.2, -0.15) is 11.8 Å². The van der Waals surface area contributed by atoms with Gasteiger partial charge in [-0.05, 0) is 43.4 Å². The fraction of sp³-hybridized carbons (Fsp3) is 0.278. The van der Waals surface area contributed by atoms with Crippen molar-refractivity contribution < 1.29 is 9.53 Å². The van der Waals surface area contributed by atoms with E-state index >= 15 is 0 Å². The van der Waals surface area contributed by atoms with Crippen LogP contribution in [-0.4, -0.2) is 24.0 Å². The molecule has 2 rings (SSSR count). The van der Waals surface area contributed by atoms with Crippen molar-refractivity contribution in [2.75, 3.05) is 23.4 Å². The number of hydrogen-bond acceptors (Lipinski definition) is 3. The Balaban J connectivity index is 1.54. The highest BCUT2D eigenvalue weighted by molar-refractivity contribution is 7.99. The van der Waals surface area contributed by atoms with E-state index in [0.29, 0.717) is 12.4 Å². The van der Waals surface area contributed by atoms with Crippen molar-refractivity contribution in [1.29, 1.82) is 0 Å². The van der Waals surface area contributed by atoms with Crippen molar-refractivity contribution in [3.8, 4) is 5.75 Å². The molecule has 0 bridgehead atoms. The van der Waals surface area contributed by atoms with Crippen LogP contribution in [-0.2, 0) is 4.79 Å². The smallest absolute Gasteiger partial charge is 0.234 e. The second kappa shape index (κ2) is 9.15. The number of thioether (sulfide) groups is 1. The Morgan fingerprint density at radius 1 is 1.09 bits per heavy atom. The lowest BCUT2D eigenvalue weighted by Crippen LogP contribution is -2.14. The molecule has 0 heterocycles. The van der Waals surface area contributed by atoms with Crippen molar-refractivity contribution in [3.63, 3.8) is 0 Å². The maximum Gasteiger partial charge on any atom is 0.234 e. The number of ether oxygens (including phenoxy) is 1. The number of carbonyl (C=O) groups excluding carboxylic acids is 1. The number of carbonyl (C=O) groups is 1. The summed E-state index contributed by atoms with van der Waals surface area (Å²) < 4.78 is 5.65. The summed E-state index contributed by atoms with van der Waals surface area (Å²) in [5.41, 5.74) is 2.07. The second-order valence-electron chi connectivity index (χ2n) is 4.98. The molecule has 0 aliphatic heterocycles. The average Bonchev–Trinajstić information content (AvgIpc) is 2.53. The lowest BCUT2D eigenvalue weighted by Gasteiger charge is -2.07. The lowest BCUT2D eigenvalue weighted by atomic mass is 10.2. The quantitative estimate of drug-likeness (QED) is 0.744. The molecule has 116 valence electrons. The highest BCUT2D eigenvalue weighted by Gasteiger charge is 2.02. The van der Waals surface area contributed by atoms with Crippen LogP contribution in [0.2, 0.25) is 0 Å². The molecule has 0 radical (unpaired) electrons. The maximum absolute atomic E-state index is 11.7. The van der Waals surface area contributed by atoms with Crippen molar-refractivity contribution in [3.05, 3.63) is 60.2 Å². The minimum absolute atomic E-state index is 0.0376. The van der Waals surface area contributed by atoms with Gasteiger partial charge in [0.2, 0.25) is 5.91 Å². The molecular weight excluding hydrogens is 294 g/mol. The molecule has 4 heteroatoms. The summed E-state index contributed by atoms with van der Waals surface area (Å²) in [6.45, 7) is 2.73. The first kappa shape index (κ1) is 16.4. The van der Waals surface area contributed by atoms with Crippen LogP contribution in [0, 0.1) is 6.92 Å². The molecule has 0 aliphatic rings. The molecular formula is C18H21NO2S. The maximum atomic E-state index is 11.7. The van der Waals surface area contributed by atoms with Crippen LogP contribution in [0.25, 0.3) is 0 Å². The van der Waals surface area contributed by atoms with Crippen molar-refractivity contribution >= 4 is 23.4 Å². The van der Waals surface area contributed by atoms with E-state index in [0.717, 1.165) is 23.6 Å². The Labute approximate surface area is 136 Å². The molecule has 0 atom stereocenters. The van der Waals surface area contributed by atoms with Gasteiger partial charge in [0.1, 0.15) is 5.75 Å². The molecule has 2 aromatic rings. The van der Waals surface area contributed by atoms with Crippen molar-refractivity contribution in [2.45, 2.75) is 13.3 Å². The summed E-state index contributed by atoms with van der Waals surface area (Å²) >= 11 is 1.63. The number of hydrogen-bond donors (Lipinski definition) is 1. The lowest BCUT2D eigenvalue weighted by molar-refractivity contribution is -0.113. The second-order valence-corrected chi connectivity index (χ2v) is 6.09. The zero-order chi connectivity index (χ0) is 15.6. The molecule has 3 nitrogen and oxygen atoms in total. The predicted molar refractivity (Wildman–Crippen MR) is 93.7 cm³/mol. The van der Waals surface area contributed by atoms with E-state index in [-0.39, 0.29) is 5.91 Å². The van der Waals surface area contributed by atoms with Crippen LogP contribution in [0.1, 0.15) is 12.0 Å². The standard InChI is InChI=1S/C18H21NO2S/c1-15-8-10-17(11-9-15)21-12-5-13-22-14-18(20)19-16-6-3-2-4-7-16/h2-4,6-11H,5,12-14H2,1H3,(H,19,20). The Morgan fingerprint density at radius 3 is 2.55 bits per heavy atom. The Hall–Kier alpha value is -1.94. The Morgan fingerprint density at radius 2 is 1.82 bits per heavy atom. The monoisotopic (exact) mass is 315 g/mol. The molecule has 0 aliphatic carbocycles. The summed E-state index contributed by atoms with van der Waals surface area (Å²) in [4.78, 5) is 11.7. The summed E-state index contributed by atoms with van der Waals surface area (Å²) in [5.74, 6) is 2.32. The molecule has 0 fully saturated rings. The average molecular weight is 315 g/mol. The zero-order valence-electron chi connectivity index (χ0n) is 12.7. The minimum Gasteiger partial charge on any atom is -0.494 e. The van der Waals surface area contributed by atoms with Gasteiger partial charge in [-0.1, -0.05) is 35.9 Å². The number of nitrogens with one attached hydrogen (secondary N) is 1. The van der Waals surface area contributed by atoms with E-state index in [4.69, 9.17) is 4.74 Å². The molecule has 2 aromatic carbocycles. The van der Waals surface area contributed by atoms with Crippen LogP contribution >= 0.6 is 11.8 Å². The predicted octanol–water partition coefficient (Wildman–Crippen LogP) is 4.14. The summed E-state index contributed by atoms with van der Waals surface area (Å²) in [6.07, 6.45) is 0.928. The molecule has 0 spiro atoms. The third kappa shape index (κ3) is 6.22. The molecule has 1 amide bonds. The first-order chi connectivity index (χ1) is 10.7. The Kier molecular flexibility index (Phi) is 6.84. The number of para-hydroxylation sites is 1. The van der Waals surface area contributed by atoms with Gasteiger partial charge in [0, 0.05) is 5.69 Å². The molecule has 0 unspecified atom stereocenters. The summed E-state index contributed by atoms with van der Waals surface area (Å²) in [5, 5.41) is 2.87. The van der Waals surface area contributed by atoms with Gasteiger partial charge in [0.05, 0.1) is 12.4 Å². The Bertz CT molecular complexity index is 569. The van der Waals surface area contributed by atoms with Gasteiger partial charge in [-0.3, -0.25) is 4.79 Å². The van der Waals surface area contributed by atoms with E-state index in [2.05, 4.69) is 12.2 Å². The van der Waals surface area contributed by atoms with E-state index < -0.39 is 0 Å². The molecule has 0 saturated heterocycles. The highest BCUT2D eigenvalue weighted by atomic mass is 32.2. The summed E-state index contributed by atoms with van der Waals surface area (Å²) in [7, 11) is 0. The fourth-order valence-corrected chi connectivity index (χ4v) is 2.59. The SMILES string of the molecule is Cc1ccc(OCCCSCC(=O)Nc2ccccc2)cc1. The molecule has 0 saturated carbocycles. The zero-order valence-corrected chi connectivity index (χ0v) is 13.6. The molecule has 1 N–H and O–H groups in total. The van der Waals surface area contributed by atoms with Crippen molar-refractivity contribution in [1.82, 2.24) is 0 Å². The van der Waals surface area contributed by atoms with Crippen LogP contribution in [0.4, 0.5) is 5.69 Å². The van der Waals surface area contributed by atoms with Crippen LogP contribution < -0.4 is 10.1 Å². The topological polar surface area (TPSA) is 38.3 Å². The first-order valence-electron chi connectivity index (χ1n) is 7.36. The van der Waals surface area contributed by atoms with Crippen LogP contribution in [0.5, 0.6) is 5.75 Å². The van der Waals surface area contributed by atoms with Gasteiger partial charge in [0.25, 0.3) is 0 Å². The third-order valence-corrected chi connectivity index (χ3v) is 4.06. The third-order valence-electron chi connectivity index (χ3n) is 3.01. The van der Waals surface area contributed by atoms with Crippen LogP contribution in [0.15, 0.2) is 54.6 Å². The van der Waals surface area contributed by atoms with E-state index in [1.807, 2.05) is 54.6 Å². The van der Waals surface area contributed by atoms with Gasteiger partial charge in [0.15, 0.2) is 0 Å². The van der Waals surface area contributed by atoms with Crippen LogP contribution in [0.3, 0.4) is 0 Å². The first-order valence-corrected chi connectivity index (χ1v) is 8.51. The van der Waals surface area contributed by atoms with Gasteiger partial charge < -0.3 is 10.1 Å². The number of amides is 1. The minimum atomic E-state index is 0.0376. The van der Waals surface area contributed by atoms with Crippen molar-refractivity contribution in [2.24, 2.45) is 0 Å². The number of benzene rings is 2. The van der Waals surface area contributed by atoms with Gasteiger partial charge >= 0.3 is 0 Å². The normalized spacial score (nSPS) is 10.2. The largest absolute Gasteiger partial charge is 0.494 e. The van der Waals surface area contributed by atoms with Gasteiger partial charge in [-0.15, -0.1) is 0 Å². The number of aryl methyl sites for hydroxylation is 1. The highest BCUT2D eigenvalue weighted by Crippen LogP contribution is 2.12. The number of anilines is 1. The van der Waals surface area contributed by atoms with Gasteiger partial charge in [-0.25, -0.2) is 0 Å². The molecule has 0 aromatic heterocycles. The van der Waals surface area contributed by atoms with E-state index in [1.165, 1.54) is 5.56 Å². The summed E-state index contributed by atoms with van der Waals surface area (Å²) in [6, 6.07) is 17.6. The number of rotatable bonds is 8. The van der Waals surface area contributed by atoms with E-state index in [1.54, 1.807) is 11.8 Å². The molecule has 22 heavy (non-hydrogen) atoms. The fourth-order valence-electron chi connectivity index (χ4n) is 1.87. The van der Waals surface area contributed by atoms with E-state index in [9.17, 15) is 4.79 Å².